The Bertz CT molecular complexity index is 720. The Hall–Kier alpha value is -2.01. The Kier molecular flexibility index (Phi) is 4.19. The highest BCUT2D eigenvalue weighted by Gasteiger charge is 2.42. The standard InChI is InChI=1S/C19H21NO3S/c21-18(9-7-15-5-4-12-24-15)20-14-6-8-16-17(13-14)23-19(22-16)10-2-1-3-11-19/h4-6,8,12-13H,1-3,7,9-11H2,(H,20,21). The topological polar surface area (TPSA) is 47.6 Å². The number of fused-ring (bicyclic) bond motifs is 1. The minimum atomic E-state index is -0.470. The number of carbonyl (C=O) groups is 1. The van der Waals surface area contributed by atoms with Gasteiger partial charge in [-0.25, -0.2) is 0 Å². The maximum atomic E-state index is 12.1. The molecule has 1 aliphatic heterocycles. The smallest absolute Gasteiger partial charge is 0.251 e. The molecule has 1 amide bonds. The van der Waals surface area contributed by atoms with Crippen LogP contribution in [0.2, 0.25) is 0 Å². The van der Waals surface area contributed by atoms with Crippen molar-refractivity contribution in [3.63, 3.8) is 0 Å². The van der Waals surface area contributed by atoms with Gasteiger partial charge in [0.1, 0.15) is 0 Å². The van der Waals surface area contributed by atoms with E-state index in [0.29, 0.717) is 6.42 Å². The second-order valence-corrected chi connectivity index (χ2v) is 7.50. The lowest BCUT2D eigenvalue weighted by molar-refractivity contribution is -0.116. The Morgan fingerprint density at radius 2 is 1.96 bits per heavy atom. The summed E-state index contributed by atoms with van der Waals surface area (Å²) in [5.74, 6) is 1.08. The second-order valence-electron chi connectivity index (χ2n) is 6.46. The molecule has 0 atom stereocenters. The molecular weight excluding hydrogens is 322 g/mol. The number of hydrogen-bond donors (Lipinski definition) is 1. The van der Waals surface area contributed by atoms with Gasteiger partial charge in [-0.05, 0) is 42.8 Å². The second kappa shape index (κ2) is 6.48. The highest BCUT2D eigenvalue weighted by Crippen LogP contribution is 2.46. The molecular formula is C19H21NO3S. The Balaban J connectivity index is 1.38. The Morgan fingerprint density at radius 3 is 2.75 bits per heavy atom. The van der Waals surface area contributed by atoms with Crippen molar-refractivity contribution in [3.05, 3.63) is 40.6 Å². The third kappa shape index (κ3) is 3.26. The van der Waals surface area contributed by atoms with Crippen molar-refractivity contribution in [2.24, 2.45) is 0 Å². The molecule has 126 valence electrons. The summed E-state index contributed by atoms with van der Waals surface area (Å²) in [5.41, 5.74) is 0.765. The van der Waals surface area contributed by atoms with Gasteiger partial charge in [0.15, 0.2) is 11.5 Å². The molecule has 0 saturated heterocycles. The van der Waals surface area contributed by atoms with Gasteiger partial charge in [-0.3, -0.25) is 4.79 Å². The van der Waals surface area contributed by atoms with Gasteiger partial charge in [0.2, 0.25) is 5.91 Å². The van der Waals surface area contributed by atoms with Crippen molar-refractivity contribution in [3.8, 4) is 11.5 Å². The molecule has 2 heterocycles. The fraction of sp³-hybridized carbons (Fsp3) is 0.421. The molecule has 1 aromatic carbocycles. The summed E-state index contributed by atoms with van der Waals surface area (Å²) >= 11 is 1.68. The van der Waals surface area contributed by atoms with E-state index >= 15 is 0 Å². The molecule has 2 aromatic rings. The lowest BCUT2D eigenvalue weighted by atomic mass is 9.94. The molecule has 4 nitrogen and oxygen atoms in total. The zero-order valence-electron chi connectivity index (χ0n) is 13.5. The predicted molar refractivity (Wildman–Crippen MR) is 94.8 cm³/mol. The zero-order chi connectivity index (χ0) is 16.4. The Morgan fingerprint density at radius 1 is 1.12 bits per heavy atom. The summed E-state index contributed by atoms with van der Waals surface area (Å²) in [5, 5.41) is 4.99. The summed E-state index contributed by atoms with van der Waals surface area (Å²) in [7, 11) is 0. The number of rotatable bonds is 4. The van der Waals surface area contributed by atoms with Crippen LogP contribution in [0.1, 0.15) is 43.4 Å². The molecule has 5 heteroatoms. The number of amides is 1. The van der Waals surface area contributed by atoms with Gasteiger partial charge < -0.3 is 14.8 Å². The third-order valence-corrected chi connectivity index (χ3v) is 5.55. The maximum Gasteiger partial charge on any atom is 0.251 e. The SMILES string of the molecule is O=C(CCc1cccs1)Nc1ccc2c(c1)OC1(CCCCC1)O2. The van der Waals surface area contributed by atoms with Crippen molar-refractivity contribution in [2.45, 2.75) is 50.7 Å². The molecule has 1 aliphatic carbocycles. The van der Waals surface area contributed by atoms with E-state index in [2.05, 4.69) is 11.4 Å². The number of hydrogen-bond acceptors (Lipinski definition) is 4. The Labute approximate surface area is 145 Å². The fourth-order valence-electron chi connectivity index (χ4n) is 3.38. The number of aryl methyl sites for hydroxylation is 1. The summed E-state index contributed by atoms with van der Waals surface area (Å²) in [6.45, 7) is 0. The number of ether oxygens (including phenoxy) is 2. The highest BCUT2D eigenvalue weighted by atomic mass is 32.1. The van der Waals surface area contributed by atoms with E-state index in [9.17, 15) is 4.79 Å². The first-order valence-electron chi connectivity index (χ1n) is 8.57. The monoisotopic (exact) mass is 343 g/mol. The minimum Gasteiger partial charge on any atom is -0.448 e. The van der Waals surface area contributed by atoms with E-state index in [1.54, 1.807) is 11.3 Å². The molecule has 1 spiro atoms. The van der Waals surface area contributed by atoms with Crippen molar-refractivity contribution in [1.29, 1.82) is 0 Å². The molecule has 24 heavy (non-hydrogen) atoms. The largest absolute Gasteiger partial charge is 0.448 e. The summed E-state index contributed by atoms with van der Waals surface area (Å²) in [4.78, 5) is 13.4. The van der Waals surface area contributed by atoms with Crippen LogP contribution in [0, 0.1) is 0 Å². The molecule has 0 radical (unpaired) electrons. The summed E-state index contributed by atoms with van der Waals surface area (Å²) < 4.78 is 12.2. The van der Waals surface area contributed by atoms with Gasteiger partial charge in [-0.15, -0.1) is 11.3 Å². The van der Waals surface area contributed by atoms with Crippen LogP contribution in [-0.2, 0) is 11.2 Å². The van der Waals surface area contributed by atoms with Crippen LogP contribution in [0.4, 0.5) is 5.69 Å². The van der Waals surface area contributed by atoms with Crippen LogP contribution >= 0.6 is 11.3 Å². The molecule has 0 bridgehead atoms. The molecule has 4 rings (SSSR count). The van der Waals surface area contributed by atoms with E-state index < -0.39 is 5.79 Å². The van der Waals surface area contributed by atoms with E-state index in [1.807, 2.05) is 29.6 Å². The molecule has 1 aromatic heterocycles. The number of anilines is 1. The number of thiophene rings is 1. The van der Waals surface area contributed by atoms with Gasteiger partial charge in [0, 0.05) is 35.9 Å². The van der Waals surface area contributed by atoms with Crippen LogP contribution in [0.15, 0.2) is 35.7 Å². The quantitative estimate of drug-likeness (QED) is 0.871. The van der Waals surface area contributed by atoms with Crippen molar-refractivity contribution < 1.29 is 14.3 Å². The molecule has 1 saturated carbocycles. The normalized spacial score (nSPS) is 17.8. The van der Waals surface area contributed by atoms with Gasteiger partial charge in [-0.2, -0.15) is 0 Å². The van der Waals surface area contributed by atoms with E-state index in [-0.39, 0.29) is 5.91 Å². The summed E-state index contributed by atoms with van der Waals surface area (Å²) in [6, 6.07) is 9.72. The van der Waals surface area contributed by atoms with E-state index in [1.165, 1.54) is 11.3 Å². The van der Waals surface area contributed by atoms with Gasteiger partial charge in [0.25, 0.3) is 5.79 Å². The van der Waals surface area contributed by atoms with Crippen molar-refractivity contribution >= 4 is 22.9 Å². The molecule has 1 N–H and O–H groups in total. The average Bonchev–Trinajstić information content (AvgIpc) is 3.20. The third-order valence-electron chi connectivity index (χ3n) is 4.61. The first-order chi connectivity index (χ1) is 11.7. The lowest BCUT2D eigenvalue weighted by Crippen LogP contribution is -2.40. The van der Waals surface area contributed by atoms with Crippen LogP contribution in [-0.4, -0.2) is 11.7 Å². The van der Waals surface area contributed by atoms with Crippen LogP contribution < -0.4 is 14.8 Å². The van der Waals surface area contributed by atoms with Gasteiger partial charge in [0.05, 0.1) is 0 Å². The number of nitrogens with one attached hydrogen (secondary N) is 1. The zero-order valence-corrected chi connectivity index (χ0v) is 14.4. The van der Waals surface area contributed by atoms with Gasteiger partial charge >= 0.3 is 0 Å². The minimum absolute atomic E-state index is 0.0228. The first-order valence-corrected chi connectivity index (χ1v) is 9.45. The van der Waals surface area contributed by atoms with Gasteiger partial charge in [-0.1, -0.05) is 12.5 Å². The predicted octanol–water partition coefficient (Wildman–Crippen LogP) is 4.75. The average molecular weight is 343 g/mol. The number of carbonyl (C=O) groups excluding carboxylic acids is 1. The lowest BCUT2D eigenvalue weighted by Gasteiger charge is -2.31. The number of benzene rings is 1. The van der Waals surface area contributed by atoms with Crippen molar-refractivity contribution in [1.82, 2.24) is 0 Å². The first kappa shape index (κ1) is 15.5. The highest BCUT2D eigenvalue weighted by molar-refractivity contribution is 7.09. The van der Waals surface area contributed by atoms with Crippen LogP contribution in [0.3, 0.4) is 0 Å². The molecule has 2 aliphatic rings. The molecule has 1 fully saturated rings. The van der Waals surface area contributed by atoms with Crippen LogP contribution in [0.25, 0.3) is 0 Å². The van der Waals surface area contributed by atoms with E-state index in [0.717, 1.165) is 49.3 Å². The summed E-state index contributed by atoms with van der Waals surface area (Å²) in [6.07, 6.45) is 6.65. The maximum absolute atomic E-state index is 12.1. The fourth-order valence-corrected chi connectivity index (χ4v) is 4.09. The van der Waals surface area contributed by atoms with Crippen LogP contribution in [0.5, 0.6) is 11.5 Å². The van der Waals surface area contributed by atoms with Crippen molar-refractivity contribution in [2.75, 3.05) is 5.32 Å². The van der Waals surface area contributed by atoms with E-state index in [4.69, 9.17) is 9.47 Å². The molecule has 0 unspecified atom stereocenters.